The van der Waals surface area contributed by atoms with Gasteiger partial charge in [-0.15, -0.1) is 0 Å². The summed E-state index contributed by atoms with van der Waals surface area (Å²) in [5.41, 5.74) is 2.03. The van der Waals surface area contributed by atoms with Crippen LogP contribution in [0.2, 0.25) is 0 Å². The molecule has 4 heterocycles. The molecule has 2 aliphatic heterocycles. The van der Waals surface area contributed by atoms with Crippen LogP contribution in [-0.2, 0) is 16.0 Å². The molecule has 1 spiro atoms. The molecular weight excluding hydrogens is 472 g/mol. The first-order valence-corrected chi connectivity index (χ1v) is 12.9. The van der Waals surface area contributed by atoms with Gasteiger partial charge in [0.2, 0.25) is 0 Å². The van der Waals surface area contributed by atoms with Crippen LogP contribution in [0.3, 0.4) is 0 Å². The number of amides is 1. The number of rotatable bonds is 7. The van der Waals surface area contributed by atoms with E-state index < -0.39 is 0 Å². The Bertz CT molecular complexity index is 1350. The maximum atomic E-state index is 14.1. The number of methoxy groups -OCH3 is 1. The Morgan fingerprint density at radius 2 is 1.86 bits per heavy atom. The highest BCUT2D eigenvalue weighted by Gasteiger charge is 2.50. The number of ether oxygens (including phenoxy) is 3. The second kappa shape index (κ2) is 9.89. The monoisotopic (exact) mass is 504 g/mol. The molecule has 194 valence electrons. The highest BCUT2D eigenvalue weighted by atomic mass is 16.5. The SMILES string of the molecule is COc1ccc(-c2c(C(=O)NC3CC4(COC4)C3)c(=O)n(CCN3CCOCC3)c3ncccc23)cc1. The largest absolute Gasteiger partial charge is 0.497 e. The summed E-state index contributed by atoms with van der Waals surface area (Å²) in [7, 11) is 1.61. The quantitative estimate of drug-likeness (QED) is 0.528. The Kier molecular flexibility index (Phi) is 6.44. The molecule has 1 N–H and O–H groups in total. The van der Waals surface area contributed by atoms with Crippen LogP contribution >= 0.6 is 0 Å². The predicted octanol–water partition coefficient (Wildman–Crippen LogP) is 2.31. The van der Waals surface area contributed by atoms with Crippen molar-refractivity contribution in [1.29, 1.82) is 0 Å². The average Bonchev–Trinajstić information content (AvgIpc) is 2.89. The van der Waals surface area contributed by atoms with E-state index >= 15 is 0 Å². The first-order valence-electron chi connectivity index (χ1n) is 12.9. The number of pyridine rings is 2. The molecule has 0 unspecified atom stereocenters. The van der Waals surface area contributed by atoms with Crippen LogP contribution in [0.25, 0.3) is 22.2 Å². The lowest BCUT2D eigenvalue weighted by Crippen LogP contribution is -2.59. The van der Waals surface area contributed by atoms with Crippen molar-refractivity contribution in [1.82, 2.24) is 19.8 Å². The highest BCUT2D eigenvalue weighted by Crippen LogP contribution is 2.47. The molecule has 2 saturated heterocycles. The molecule has 0 radical (unpaired) electrons. The molecule has 6 rings (SSSR count). The third-order valence-electron chi connectivity index (χ3n) is 7.88. The summed E-state index contributed by atoms with van der Waals surface area (Å²) >= 11 is 0. The minimum atomic E-state index is -0.332. The number of benzene rings is 1. The number of fused-ring (bicyclic) bond motifs is 1. The van der Waals surface area contributed by atoms with Gasteiger partial charge in [0.05, 0.1) is 33.5 Å². The molecule has 1 amide bonds. The number of carbonyl (C=O) groups excluding carboxylic acids is 1. The molecular formula is C28H32N4O5. The number of nitrogens with zero attached hydrogens (tertiary/aromatic N) is 3. The summed E-state index contributed by atoms with van der Waals surface area (Å²) in [5, 5.41) is 3.92. The van der Waals surface area contributed by atoms with E-state index in [2.05, 4.69) is 15.2 Å². The standard InChI is InChI=1S/C28H32N4O5/c1-35-21-6-4-19(5-7-21)23-22-3-2-8-29-25(22)32(10-9-31-11-13-36-14-12-31)27(34)24(23)26(33)30-20-15-28(16-20)17-37-18-28/h2-8,20H,9-18H2,1H3,(H,30,33). The van der Waals surface area contributed by atoms with Gasteiger partial charge in [0.25, 0.3) is 11.5 Å². The Labute approximate surface area is 215 Å². The maximum Gasteiger partial charge on any atom is 0.265 e. The molecule has 3 aliphatic rings. The van der Waals surface area contributed by atoms with Gasteiger partial charge in [-0.2, -0.15) is 0 Å². The van der Waals surface area contributed by atoms with Crippen LogP contribution in [0.4, 0.5) is 0 Å². The van der Waals surface area contributed by atoms with Crippen molar-refractivity contribution in [2.75, 3.05) is 53.2 Å². The Morgan fingerprint density at radius 3 is 2.54 bits per heavy atom. The van der Waals surface area contributed by atoms with Gasteiger partial charge in [-0.25, -0.2) is 4.98 Å². The lowest BCUT2D eigenvalue weighted by atomic mass is 9.64. The number of morpholine rings is 1. The Morgan fingerprint density at radius 1 is 1.11 bits per heavy atom. The minimum absolute atomic E-state index is 0.0471. The summed E-state index contributed by atoms with van der Waals surface area (Å²) < 4.78 is 17.8. The number of nitrogens with one attached hydrogen (secondary N) is 1. The molecule has 37 heavy (non-hydrogen) atoms. The number of carbonyl (C=O) groups is 1. The Hall–Kier alpha value is -3.27. The van der Waals surface area contributed by atoms with E-state index in [1.165, 1.54) is 0 Å². The lowest BCUT2D eigenvalue weighted by molar-refractivity contribution is -0.165. The third kappa shape index (κ3) is 4.52. The molecule has 0 atom stereocenters. The van der Waals surface area contributed by atoms with Gasteiger partial charge in [-0.1, -0.05) is 12.1 Å². The normalized spacial score (nSPS) is 19.4. The Balaban J connectivity index is 1.42. The zero-order valence-electron chi connectivity index (χ0n) is 21.1. The molecule has 3 fully saturated rings. The summed E-state index contributed by atoms with van der Waals surface area (Å²) in [6, 6.07) is 11.3. The zero-order valence-corrected chi connectivity index (χ0v) is 21.1. The fraction of sp³-hybridized carbons (Fsp3) is 0.464. The van der Waals surface area contributed by atoms with Gasteiger partial charge in [-0.05, 0) is 42.7 Å². The van der Waals surface area contributed by atoms with Gasteiger partial charge < -0.3 is 19.5 Å². The summed E-state index contributed by atoms with van der Waals surface area (Å²) in [5.74, 6) is 0.375. The minimum Gasteiger partial charge on any atom is -0.497 e. The fourth-order valence-corrected chi connectivity index (χ4v) is 5.79. The van der Waals surface area contributed by atoms with Crippen LogP contribution in [-0.4, -0.2) is 79.6 Å². The van der Waals surface area contributed by atoms with E-state index in [9.17, 15) is 9.59 Å². The maximum absolute atomic E-state index is 14.1. The summed E-state index contributed by atoms with van der Waals surface area (Å²) in [6.07, 6.45) is 3.47. The topological polar surface area (TPSA) is 94.9 Å². The molecule has 9 nitrogen and oxygen atoms in total. The second-order valence-electron chi connectivity index (χ2n) is 10.3. The summed E-state index contributed by atoms with van der Waals surface area (Å²) in [6.45, 7) is 5.66. The van der Waals surface area contributed by atoms with E-state index in [0.717, 1.165) is 50.1 Å². The van der Waals surface area contributed by atoms with Crippen molar-refractivity contribution in [3.63, 3.8) is 0 Å². The molecule has 3 aromatic rings. The van der Waals surface area contributed by atoms with Crippen LogP contribution in [0, 0.1) is 5.41 Å². The van der Waals surface area contributed by atoms with E-state index in [1.807, 2.05) is 36.4 Å². The smallest absolute Gasteiger partial charge is 0.265 e. The van der Waals surface area contributed by atoms with Gasteiger partial charge in [0.15, 0.2) is 0 Å². The molecule has 9 heteroatoms. The van der Waals surface area contributed by atoms with E-state index in [0.29, 0.717) is 43.3 Å². The van der Waals surface area contributed by atoms with Crippen LogP contribution in [0.15, 0.2) is 47.4 Å². The lowest BCUT2D eigenvalue weighted by Gasteiger charge is -2.53. The van der Waals surface area contributed by atoms with Crippen molar-refractivity contribution in [2.24, 2.45) is 5.41 Å². The molecule has 0 bridgehead atoms. The van der Waals surface area contributed by atoms with Gasteiger partial charge >= 0.3 is 0 Å². The summed E-state index contributed by atoms with van der Waals surface area (Å²) in [4.78, 5) is 34.7. The van der Waals surface area contributed by atoms with Gasteiger partial charge in [0, 0.05) is 54.8 Å². The van der Waals surface area contributed by atoms with E-state index in [1.54, 1.807) is 17.9 Å². The van der Waals surface area contributed by atoms with Gasteiger partial charge in [0.1, 0.15) is 17.0 Å². The highest BCUT2D eigenvalue weighted by molar-refractivity contribution is 6.08. The van der Waals surface area contributed by atoms with Crippen molar-refractivity contribution in [2.45, 2.75) is 25.4 Å². The van der Waals surface area contributed by atoms with Crippen molar-refractivity contribution in [3.8, 4) is 16.9 Å². The van der Waals surface area contributed by atoms with Crippen molar-refractivity contribution in [3.05, 3.63) is 58.5 Å². The number of aromatic nitrogens is 2. The van der Waals surface area contributed by atoms with Crippen LogP contribution in [0.5, 0.6) is 5.75 Å². The van der Waals surface area contributed by atoms with Crippen molar-refractivity contribution >= 4 is 16.9 Å². The predicted molar refractivity (Wildman–Crippen MR) is 139 cm³/mol. The molecule has 1 aliphatic carbocycles. The molecule has 2 aromatic heterocycles. The fourth-order valence-electron chi connectivity index (χ4n) is 5.79. The molecule has 1 saturated carbocycles. The number of hydrogen-bond donors (Lipinski definition) is 1. The zero-order chi connectivity index (χ0) is 25.4. The van der Waals surface area contributed by atoms with Crippen LogP contribution in [0.1, 0.15) is 23.2 Å². The van der Waals surface area contributed by atoms with Crippen molar-refractivity contribution < 1.29 is 19.0 Å². The molecule has 1 aromatic carbocycles. The van der Waals surface area contributed by atoms with E-state index in [4.69, 9.17) is 14.2 Å². The third-order valence-corrected chi connectivity index (χ3v) is 7.88. The van der Waals surface area contributed by atoms with Gasteiger partial charge in [-0.3, -0.25) is 19.1 Å². The average molecular weight is 505 g/mol. The van der Waals surface area contributed by atoms with Crippen LogP contribution < -0.4 is 15.6 Å². The first kappa shape index (κ1) is 24.1. The number of hydrogen-bond acceptors (Lipinski definition) is 7. The second-order valence-corrected chi connectivity index (χ2v) is 10.3. The first-order chi connectivity index (χ1) is 18.1. The van der Waals surface area contributed by atoms with E-state index in [-0.39, 0.29) is 28.5 Å².